The number of fused-ring (bicyclic) bond motifs is 1. The number of ketones is 1. The molecule has 1 aromatic carbocycles. The molecule has 0 spiro atoms. The molecule has 6 heteroatoms. The summed E-state index contributed by atoms with van der Waals surface area (Å²) >= 11 is 10.9. The molecular weight excluding hydrogens is 350 g/mol. The highest BCUT2D eigenvalue weighted by molar-refractivity contribution is 9.11. The van der Waals surface area contributed by atoms with Crippen LogP contribution in [0.25, 0.3) is 0 Å². The molecule has 0 unspecified atom stereocenters. The Hall–Kier alpha value is -1.17. The fraction of sp³-hybridized carbons (Fsp3) is 0.0769. The van der Waals surface area contributed by atoms with Crippen molar-refractivity contribution in [1.29, 1.82) is 0 Å². The summed E-state index contributed by atoms with van der Waals surface area (Å²) in [6, 6.07) is 8.72. The Kier molecular flexibility index (Phi) is 3.20. The largest absolute Gasteiger partial charge is 0.299 e. The first-order chi connectivity index (χ1) is 9.06. The number of Topliss-reactive ketones (excluding diaryl/α,β-unsaturated/α-hetero) is 1. The van der Waals surface area contributed by atoms with Crippen LogP contribution in [0.2, 0.25) is 5.02 Å². The van der Waals surface area contributed by atoms with E-state index in [1.807, 2.05) is 12.1 Å². The smallest absolute Gasteiger partial charge is 0.299 e. The minimum Gasteiger partial charge on any atom is -0.299 e. The number of nitrogens with zero attached hydrogens (tertiary/aromatic N) is 1. The van der Waals surface area contributed by atoms with Crippen LogP contribution >= 0.6 is 38.9 Å². The third kappa shape index (κ3) is 2.22. The van der Waals surface area contributed by atoms with Crippen LogP contribution in [0.15, 0.2) is 34.1 Å². The monoisotopic (exact) mass is 355 g/mol. The van der Waals surface area contributed by atoms with Crippen LogP contribution < -0.4 is 4.90 Å². The van der Waals surface area contributed by atoms with Gasteiger partial charge in [0.2, 0.25) is 0 Å². The topological polar surface area (TPSA) is 37.4 Å². The van der Waals surface area contributed by atoms with Crippen molar-refractivity contribution < 1.29 is 9.59 Å². The summed E-state index contributed by atoms with van der Waals surface area (Å²) in [6.45, 7) is 0.383. The number of anilines is 1. The van der Waals surface area contributed by atoms with Crippen LogP contribution in [0.1, 0.15) is 15.2 Å². The van der Waals surface area contributed by atoms with E-state index < -0.39 is 11.7 Å². The number of thiophene rings is 1. The minimum atomic E-state index is -0.498. The first kappa shape index (κ1) is 12.8. The molecule has 1 aliphatic heterocycles. The Bertz CT molecular complexity index is 698. The second kappa shape index (κ2) is 4.74. The molecule has 0 saturated heterocycles. The molecule has 96 valence electrons. The molecule has 1 aliphatic rings. The fourth-order valence-electron chi connectivity index (χ4n) is 2.02. The normalized spacial score (nSPS) is 14.1. The summed E-state index contributed by atoms with van der Waals surface area (Å²) in [4.78, 5) is 26.4. The molecule has 0 atom stereocenters. The van der Waals surface area contributed by atoms with Crippen molar-refractivity contribution >= 4 is 56.2 Å². The Morgan fingerprint density at radius 1 is 1.21 bits per heavy atom. The van der Waals surface area contributed by atoms with Crippen molar-refractivity contribution in [2.24, 2.45) is 0 Å². The maximum Gasteiger partial charge on any atom is 0.299 e. The molecule has 2 heterocycles. The standard InChI is InChI=1S/C13H7BrClNO2S/c14-11-4-2-8(19-11)6-16-10-5-7(15)1-3-9(10)12(17)13(16)18/h1-5H,6H2. The Balaban J connectivity index is 2.01. The van der Waals surface area contributed by atoms with Gasteiger partial charge in [-0.3, -0.25) is 14.5 Å². The highest BCUT2D eigenvalue weighted by Crippen LogP contribution is 2.34. The average molecular weight is 357 g/mol. The second-order valence-corrected chi connectivity index (χ2v) is 7.07. The highest BCUT2D eigenvalue weighted by atomic mass is 79.9. The van der Waals surface area contributed by atoms with Crippen molar-refractivity contribution in [1.82, 2.24) is 0 Å². The average Bonchev–Trinajstić information content (AvgIpc) is 2.88. The van der Waals surface area contributed by atoms with Gasteiger partial charge in [0.1, 0.15) is 0 Å². The van der Waals surface area contributed by atoms with Gasteiger partial charge < -0.3 is 0 Å². The van der Waals surface area contributed by atoms with Gasteiger partial charge in [0.25, 0.3) is 11.7 Å². The Labute approximate surface area is 126 Å². The van der Waals surface area contributed by atoms with E-state index in [-0.39, 0.29) is 0 Å². The summed E-state index contributed by atoms with van der Waals surface area (Å²) in [5.74, 6) is -0.968. The summed E-state index contributed by atoms with van der Waals surface area (Å²) < 4.78 is 0.992. The van der Waals surface area contributed by atoms with Gasteiger partial charge >= 0.3 is 0 Å². The summed E-state index contributed by atoms with van der Waals surface area (Å²) in [6.07, 6.45) is 0. The summed E-state index contributed by atoms with van der Waals surface area (Å²) in [5, 5.41) is 0.513. The lowest BCUT2D eigenvalue weighted by atomic mass is 10.1. The van der Waals surface area contributed by atoms with Gasteiger partial charge in [0.05, 0.1) is 21.6 Å². The van der Waals surface area contributed by atoms with Gasteiger partial charge in [-0.1, -0.05) is 11.6 Å². The molecular formula is C13H7BrClNO2S. The summed E-state index contributed by atoms with van der Waals surface area (Å²) in [5.41, 5.74) is 1.01. The highest BCUT2D eigenvalue weighted by Gasteiger charge is 2.35. The second-order valence-electron chi connectivity index (χ2n) is 4.09. The van der Waals surface area contributed by atoms with E-state index in [9.17, 15) is 9.59 Å². The van der Waals surface area contributed by atoms with E-state index in [1.165, 1.54) is 16.2 Å². The molecule has 1 aromatic heterocycles. The number of amides is 1. The number of hydrogen-bond acceptors (Lipinski definition) is 3. The molecule has 3 rings (SSSR count). The molecule has 2 aromatic rings. The molecule has 1 amide bonds. The lowest BCUT2D eigenvalue weighted by Gasteiger charge is -2.15. The molecule has 0 bridgehead atoms. The van der Waals surface area contributed by atoms with Gasteiger partial charge in [0.15, 0.2) is 0 Å². The third-order valence-corrected chi connectivity index (χ3v) is 4.72. The van der Waals surface area contributed by atoms with Crippen molar-refractivity contribution in [3.63, 3.8) is 0 Å². The predicted molar refractivity (Wildman–Crippen MR) is 79.0 cm³/mol. The van der Waals surface area contributed by atoms with Gasteiger partial charge in [-0.25, -0.2) is 0 Å². The molecule has 0 fully saturated rings. The van der Waals surface area contributed by atoms with Crippen LogP contribution in [0.5, 0.6) is 0 Å². The van der Waals surface area contributed by atoms with Gasteiger partial charge in [-0.05, 0) is 46.3 Å². The Morgan fingerprint density at radius 2 is 2.00 bits per heavy atom. The minimum absolute atomic E-state index is 0.383. The zero-order valence-electron chi connectivity index (χ0n) is 9.52. The maximum atomic E-state index is 12.0. The molecule has 19 heavy (non-hydrogen) atoms. The van der Waals surface area contributed by atoms with E-state index in [0.29, 0.717) is 22.8 Å². The van der Waals surface area contributed by atoms with Crippen molar-refractivity contribution in [3.8, 4) is 0 Å². The van der Waals surface area contributed by atoms with Gasteiger partial charge in [0, 0.05) is 9.90 Å². The van der Waals surface area contributed by atoms with Crippen molar-refractivity contribution in [2.75, 3.05) is 4.90 Å². The predicted octanol–water partition coefficient (Wildman–Crippen LogP) is 3.89. The van der Waals surface area contributed by atoms with Crippen LogP contribution in [-0.4, -0.2) is 11.7 Å². The van der Waals surface area contributed by atoms with Gasteiger partial charge in [-0.2, -0.15) is 0 Å². The van der Waals surface area contributed by atoms with E-state index in [2.05, 4.69) is 15.9 Å². The SMILES string of the molecule is O=C1C(=O)N(Cc2ccc(Br)s2)c2cc(Cl)ccc21. The van der Waals surface area contributed by atoms with E-state index >= 15 is 0 Å². The first-order valence-electron chi connectivity index (χ1n) is 5.46. The zero-order valence-corrected chi connectivity index (χ0v) is 12.7. The van der Waals surface area contributed by atoms with E-state index in [1.54, 1.807) is 18.2 Å². The Morgan fingerprint density at radius 3 is 2.68 bits per heavy atom. The first-order valence-corrected chi connectivity index (χ1v) is 7.45. The third-order valence-electron chi connectivity index (χ3n) is 2.88. The zero-order chi connectivity index (χ0) is 13.6. The van der Waals surface area contributed by atoms with E-state index in [0.717, 1.165) is 8.66 Å². The van der Waals surface area contributed by atoms with Crippen LogP contribution in [0.4, 0.5) is 5.69 Å². The number of carbonyl (C=O) groups is 2. The molecule has 0 saturated carbocycles. The molecule has 3 nitrogen and oxygen atoms in total. The van der Waals surface area contributed by atoms with Gasteiger partial charge in [-0.15, -0.1) is 11.3 Å². The number of rotatable bonds is 2. The number of halogens is 2. The molecule has 0 N–H and O–H groups in total. The van der Waals surface area contributed by atoms with Crippen LogP contribution in [0.3, 0.4) is 0 Å². The van der Waals surface area contributed by atoms with Crippen molar-refractivity contribution in [3.05, 3.63) is 49.6 Å². The fourth-order valence-corrected chi connectivity index (χ4v) is 3.66. The summed E-state index contributed by atoms with van der Waals surface area (Å²) in [7, 11) is 0. The van der Waals surface area contributed by atoms with Crippen LogP contribution in [0, 0.1) is 0 Å². The van der Waals surface area contributed by atoms with E-state index in [4.69, 9.17) is 11.6 Å². The molecule has 0 radical (unpaired) electrons. The van der Waals surface area contributed by atoms with Crippen molar-refractivity contribution in [2.45, 2.75) is 6.54 Å². The lowest BCUT2D eigenvalue weighted by Crippen LogP contribution is -2.28. The lowest BCUT2D eigenvalue weighted by molar-refractivity contribution is -0.114. The quantitative estimate of drug-likeness (QED) is 0.766. The number of carbonyl (C=O) groups excluding carboxylic acids is 2. The molecule has 0 aliphatic carbocycles. The number of benzene rings is 1. The number of hydrogen-bond donors (Lipinski definition) is 0. The maximum absolute atomic E-state index is 12.0. The van der Waals surface area contributed by atoms with Crippen LogP contribution in [-0.2, 0) is 11.3 Å².